The third kappa shape index (κ3) is 6.00. The van der Waals surface area contributed by atoms with E-state index in [1.165, 1.54) is 18.2 Å². The Balaban J connectivity index is 1.89. The van der Waals surface area contributed by atoms with E-state index in [-0.39, 0.29) is 9.96 Å². The first kappa shape index (κ1) is 20.2. The largest absolute Gasteiger partial charge is 0.573 e. The summed E-state index contributed by atoms with van der Waals surface area (Å²) in [5.41, 5.74) is 0.536. The molecule has 0 aliphatic heterocycles. The van der Waals surface area contributed by atoms with Crippen molar-refractivity contribution >= 4 is 27.3 Å². The van der Waals surface area contributed by atoms with Crippen molar-refractivity contribution < 1.29 is 31.1 Å². The van der Waals surface area contributed by atoms with Crippen LogP contribution in [0.4, 0.5) is 13.2 Å². The average Bonchev–Trinajstić information content (AvgIpc) is 3.07. The fourth-order valence-corrected chi connectivity index (χ4v) is 4.00. The van der Waals surface area contributed by atoms with Crippen LogP contribution in [0.1, 0.15) is 18.5 Å². The number of alkyl halides is 3. The molecule has 1 amide bonds. The second kappa shape index (κ2) is 8.06. The lowest BCUT2D eigenvalue weighted by Gasteiger charge is -2.15. The Morgan fingerprint density at radius 1 is 1.23 bits per heavy atom. The molecular weight excluding hydrogens is 393 g/mol. The molecule has 2 N–H and O–H groups in total. The van der Waals surface area contributed by atoms with E-state index in [1.807, 2.05) is 0 Å². The molecule has 1 aromatic carbocycles. The third-order valence-corrected chi connectivity index (χ3v) is 5.97. The van der Waals surface area contributed by atoms with Crippen LogP contribution in [0.15, 0.2) is 46.0 Å². The summed E-state index contributed by atoms with van der Waals surface area (Å²) in [6.45, 7) is 1.16. The molecule has 26 heavy (non-hydrogen) atoms. The molecule has 0 saturated carbocycles. The number of hydrogen-bond acceptors (Lipinski definition) is 5. The lowest BCUT2D eigenvalue weighted by molar-refractivity contribution is -0.274. The number of amides is 1. The van der Waals surface area contributed by atoms with Gasteiger partial charge in [-0.25, -0.2) is 13.1 Å². The van der Waals surface area contributed by atoms with Crippen LogP contribution >= 0.6 is 11.3 Å². The highest BCUT2D eigenvalue weighted by atomic mass is 32.2. The van der Waals surface area contributed by atoms with E-state index in [9.17, 15) is 26.4 Å². The molecule has 1 heterocycles. The van der Waals surface area contributed by atoms with Gasteiger partial charge < -0.3 is 10.1 Å². The minimum atomic E-state index is -4.78. The molecule has 0 bridgehead atoms. The first-order valence-corrected chi connectivity index (χ1v) is 9.61. The first-order chi connectivity index (χ1) is 12.1. The quantitative estimate of drug-likeness (QED) is 0.738. The molecule has 6 nitrogen and oxygen atoms in total. The molecule has 0 spiro atoms. The number of ether oxygens (including phenoxy) is 1. The van der Waals surface area contributed by atoms with Gasteiger partial charge in [0.05, 0.1) is 12.6 Å². The molecule has 0 saturated heterocycles. The van der Waals surface area contributed by atoms with Crippen LogP contribution in [0.2, 0.25) is 0 Å². The zero-order valence-electron chi connectivity index (χ0n) is 13.4. The number of nitrogens with one attached hydrogen (secondary N) is 2. The fourth-order valence-electron chi connectivity index (χ4n) is 1.98. The van der Waals surface area contributed by atoms with Crippen molar-refractivity contribution in [3.63, 3.8) is 0 Å². The van der Waals surface area contributed by atoms with Gasteiger partial charge in [-0.15, -0.1) is 24.5 Å². The summed E-state index contributed by atoms with van der Waals surface area (Å²) in [6, 6.07) is 7.47. The van der Waals surface area contributed by atoms with Gasteiger partial charge in [0.1, 0.15) is 9.96 Å². The fraction of sp³-hybridized carbons (Fsp3) is 0.267. The van der Waals surface area contributed by atoms with E-state index < -0.39 is 34.9 Å². The molecule has 1 atom stereocenters. The average molecular weight is 408 g/mol. The van der Waals surface area contributed by atoms with Gasteiger partial charge in [0.2, 0.25) is 5.91 Å². The van der Waals surface area contributed by atoms with Gasteiger partial charge in [-0.2, -0.15) is 0 Å². The highest BCUT2D eigenvalue weighted by Crippen LogP contribution is 2.24. The van der Waals surface area contributed by atoms with Crippen LogP contribution in [0.3, 0.4) is 0 Å². The molecule has 0 radical (unpaired) electrons. The van der Waals surface area contributed by atoms with Crippen molar-refractivity contribution in [2.75, 3.05) is 6.54 Å². The summed E-state index contributed by atoms with van der Waals surface area (Å²) >= 11 is 1.02. The molecule has 142 valence electrons. The van der Waals surface area contributed by atoms with Gasteiger partial charge in [-0.3, -0.25) is 4.79 Å². The van der Waals surface area contributed by atoms with Crippen LogP contribution in [0.5, 0.6) is 5.75 Å². The van der Waals surface area contributed by atoms with Gasteiger partial charge in [-0.05, 0) is 36.1 Å². The number of halogens is 3. The van der Waals surface area contributed by atoms with Crippen LogP contribution < -0.4 is 14.8 Å². The molecule has 1 unspecified atom stereocenters. The van der Waals surface area contributed by atoms with E-state index in [0.29, 0.717) is 5.56 Å². The number of hydrogen-bond donors (Lipinski definition) is 2. The van der Waals surface area contributed by atoms with Crippen LogP contribution in [-0.4, -0.2) is 27.2 Å². The molecule has 2 aromatic rings. The maximum Gasteiger partial charge on any atom is 0.573 e. The van der Waals surface area contributed by atoms with Crippen molar-refractivity contribution in [2.24, 2.45) is 0 Å². The second-order valence-corrected chi connectivity index (χ2v) is 8.10. The minimum Gasteiger partial charge on any atom is -0.406 e. The van der Waals surface area contributed by atoms with E-state index in [0.717, 1.165) is 23.5 Å². The molecule has 0 fully saturated rings. The normalized spacial score (nSPS) is 13.2. The molecule has 0 aliphatic carbocycles. The number of carbonyl (C=O) groups is 1. The maximum absolute atomic E-state index is 12.1. The number of sulfonamides is 1. The number of thiophene rings is 1. The van der Waals surface area contributed by atoms with Gasteiger partial charge in [0, 0.05) is 0 Å². The predicted molar refractivity (Wildman–Crippen MR) is 89.2 cm³/mol. The molecule has 11 heteroatoms. The van der Waals surface area contributed by atoms with Gasteiger partial charge in [0.25, 0.3) is 10.0 Å². The lowest BCUT2D eigenvalue weighted by Crippen LogP contribution is -2.37. The summed E-state index contributed by atoms with van der Waals surface area (Å²) in [5, 5.41) is 4.16. The Morgan fingerprint density at radius 3 is 2.42 bits per heavy atom. The third-order valence-electron chi connectivity index (χ3n) is 3.17. The lowest BCUT2D eigenvalue weighted by atomic mass is 10.1. The van der Waals surface area contributed by atoms with Crippen molar-refractivity contribution in [1.82, 2.24) is 10.0 Å². The Kier molecular flexibility index (Phi) is 6.26. The highest BCUT2D eigenvalue weighted by molar-refractivity contribution is 7.91. The van der Waals surface area contributed by atoms with Crippen molar-refractivity contribution in [2.45, 2.75) is 23.5 Å². The standard InChI is InChI=1S/C15H15F3N2O4S2/c1-10(11-4-6-12(7-5-11)24-15(16,17)18)20-13(21)9-19-26(22,23)14-3-2-8-25-14/h2-8,10,19H,9H2,1H3,(H,20,21). The smallest absolute Gasteiger partial charge is 0.406 e. The Labute approximate surface area is 152 Å². The minimum absolute atomic E-state index is 0.0959. The number of rotatable bonds is 7. The van der Waals surface area contributed by atoms with Crippen molar-refractivity contribution in [3.05, 3.63) is 47.3 Å². The van der Waals surface area contributed by atoms with Crippen molar-refractivity contribution in [3.8, 4) is 5.75 Å². The number of benzene rings is 1. The molecular formula is C15H15F3N2O4S2. The Hall–Kier alpha value is -2.11. The van der Waals surface area contributed by atoms with Crippen LogP contribution in [-0.2, 0) is 14.8 Å². The Bertz CT molecular complexity index is 835. The van der Waals surface area contributed by atoms with Gasteiger partial charge in [-0.1, -0.05) is 18.2 Å². The van der Waals surface area contributed by atoms with E-state index in [2.05, 4.69) is 14.8 Å². The van der Waals surface area contributed by atoms with E-state index >= 15 is 0 Å². The summed E-state index contributed by atoms with van der Waals surface area (Å²) in [6.07, 6.45) is -4.78. The molecule has 0 aliphatic rings. The second-order valence-electron chi connectivity index (χ2n) is 5.16. The highest BCUT2D eigenvalue weighted by Gasteiger charge is 2.31. The SMILES string of the molecule is CC(NC(=O)CNS(=O)(=O)c1cccs1)c1ccc(OC(F)(F)F)cc1. The van der Waals surface area contributed by atoms with Crippen LogP contribution in [0.25, 0.3) is 0 Å². The molecule has 2 rings (SSSR count). The predicted octanol–water partition coefficient (Wildman–Crippen LogP) is 2.80. The maximum atomic E-state index is 12.1. The van der Waals surface area contributed by atoms with E-state index in [4.69, 9.17) is 0 Å². The van der Waals surface area contributed by atoms with Gasteiger partial charge in [0.15, 0.2) is 0 Å². The summed E-state index contributed by atoms with van der Waals surface area (Å²) in [4.78, 5) is 11.9. The summed E-state index contributed by atoms with van der Waals surface area (Å²) in [5.74, 6) is -0.947. The Morgan fingerprint density at radius 2 is 1.88 bits per heavy atom. The summed E-state index contributed by atoms with van der Waals surface area (Å²) in [7, 11) is -3.75. The van der Waals surface area contributed by atoms with Crippen molar-refractivity contribution in [1.29, 1.82) is 0 Å². The van der Waals surface area contributed by atoms with Crippen LogP contribution in [0, 0.1) is 0 Å². The monoisotopic (exact) mass is 408 g/mol. The topological polar surface area (TPSA) is 84.5 Å². The van der Waals surface area contributed by atoms with Gasteiger partial charge >= 0.3 is 6.36 Å². The van der Waals surface area contributed by atoms with E-state index in [1.54, 1.807) is 18.4 Å². The first-order valence-electron chi connectivity index (χ1n) is 7.25. The zero-order valence-corrected chi connectivity index (χ0v) is 15.0. The number of carbonyl (C=O) groups excluding carboxylic acids is 1. The summed E-state index contributed by atoms with van der Waals surface area (Å²) < 4.78 is 66.2. The molecule has 1 aromatic heterocycles. The zero-order chi connectivity index (χ0) is 19.4.